The molecule has 3 aliphatic rings. The van der Waals surface area contributed by atoms with Crippen molar-refractivity contribution >= 4 is 17.0 Å². The Morgan fingerprint density at radius 1 is 1.09 bits per heavy atom. The Bertz CT molecular complexity index is 1470. The van der Waals surface area contributed by atoms with Crippen LogP contribution >= 0.6 is 0 Å². The van der Waals surface area contributed by atoms with Gasteiger partial charge in [-0.1, -0.05) is 0 Å². The summed E-state index contributed by atoms with van der Waals surface area (Å²) in [4.78, 5) is 13.7. The highest BCUT2D eigenvalue weighted by Crippen LogP contribution is 2.60. The molecule has 0 saturated carbocycles. The summed E-state index contributed by atoms with van der Waals surface area (Å²) in [5.41, 5.74) is 0.889. The Labute approximate surface area is 189 Å². The molecule has 1 atom stereocenters. The van der Waals surface area contributed by atoms with E-state index in [2.05, 4.69) is 0 Å². The van der Waals surface area contributed by atoms with Crippen molar-refractivity contribution in [1.82, 2.24) is 0 Å². The highest BCUT2D eigenvalue weighted by atomic mass is 16.5. The van der Waals surface area contributed by atoms with E-state index in [0.29, 0.717) is 40.4 Å². The molecule has 0 saturated heterocycles. The fourth-order valence-electron chi connectivity index (χ4n) is 5.32. The topological polar surface area (TPSA) is 98.4 Å². The van der Waals surface area contributed by atoms with E-state index in [4.69, 9.17) is 18.6 Å². The number of hydrogen-bond acceptors (Lipinski definition) is 7. The van der Waals surface area contributed by atoms with Crippen LogP contribution in [-0.4, -0.2) is 28.5 Å². The fourth-order valence-corrected chi connectivity index (χ4v) is 5.32. The predicted molar refractivity (Wildman–Crippen MR) is 123 cm³/mol. The van der Waals surface area contributed by atoms with Gasteiger partial charge in [0.1, 0.15) is 39.6 Å². The van der Waals surface area contributed by atoms with Crippen molar-refractivity contribution in [1.29, 1.82) is 0 Å². The monoisotopic (exact) mass is 448 g/mol. The molecule has 1 aliphatic carbocycles. The van der Waals surface area contributed by atoms with Crippen LogP contribution in [0.3, 0.4) is 0 Å². The van der Waals surface area contributed by atoms with Crippen LogP contribution in [0, 0.1) is 0 Å². The van der Waals surface area contributed by atoms with Crippen LogP contribution in [-0.2, 0) is 6.42 Å². The number of hydrogen-bond donors (Lipinski definition) is 2. The molecule has 0 amide bonds. The second-order valence-corrected chi connectivity index (χ2v) is 9.97. The fraction of sp³-hybridized carbons (Fsp3) is 0.346. The average Bonchev–Trinajstić information content (AvgIpc) is 3.00. The Kier molecular flexibility index (Phi) is 3.67. The van der Waals surface area contributed by atoms with Crippen LogP contribution in [0.4, 0.5) is 0 Å². The summed E-state index contributed by atoms with van der Waals surface area (Å²) in [7, 11) is 1.52. The van der Waals surface area contributed by atoms with Crippen LogP contribution in [0.5, 0.6) is 28.7 Å². The van der Waals surface area contributed by atoms with Gasteiger partial charge in [0.25, 0.3) is 0 Å². The minimum atomic E-state index is -0.628. The standard InChI is InChI=1S/C26H24O7/c1-25(2)7-6-11-16(32-25)9-15(28)20-21(29)12-8-13-18-19(23(12)31-22(11)20)14(27)10-17(30-5)24(18)33-26(13,3)4/h6-7,9-10,13,27-28H,8H2,1-5H3. The number of methoxy groups -OCH3 is 1. The van der Waals surface area contributed by atoms with Crippen molar-refractivity contribution in [3.8, 4) is 40.1 Å². The first-order valence-corrected chi connectivity index (χ1v) is 10.9. The summed E-state index contributed by atoms with van der Waals surface area (Å²) in [5, 5.41) is 21.9. The summed E-state index contributed by atoms with van der Waals surface area (Å²) in [6.07, 6.45) is 4.06. The van der Waals surface area contributed by atoms with E-state index in [0.717, 1.165) is 5.56 Å². The molecule has 6 rings (SSSR count). The molecule has 3 aromatic rings. The van der Waals surface area contributed by atoms with Gasteiger partial charge >= 0.3 is 0 Å². The molecule has 2 aromatic carbocycles. The van der Waals surface area contributed by atoms with E-state index in [-0.39, 0.29) is 39.6 Å². The summed E-state index contributed by atoms with van der Waals surface area (Å²) in [6, 6.07) is 2.95. The third kappa shape index (κ3) is 2.53. The first kappa shape index (κ1) is 20.0. The highest BCUT2D eigenvalue weighted by molar-refractivity contribution is 5.96. The molecule has 3 heterocycles. The Balaban J connectivity index is 1.73. The molecule has 7 nitrogen and oxygen atoms in total. The summed E-state index contributed by atoms with van der Waals surface area (Å²) in [6.45, 7) is 7.70. The number of ether oxygens (including phenoxy) is 3. The summed E-state index contributed by atoms with van der Waals surface area (Å²) < 4.78 is 24.0. The van der Waals surface area contributed by atoms with Crippen molar-refractivity contribution in [2.75, 3.05) is 7.11 Å². The minimum absolute atomic E-state index is 0.0534. The van der Waals surface area contributed by atoms with E-state index in [1.807, 2.05) is 39.8 Å². The Morgan fingerprint density at radius 2 is 1.85 bits per heavy atom. The molecule has 0 spiro atoms. The van der Waals surface area contributed by atoms with Gasteiger partial charge in [-0.25, -0.2) is 0 Å². The van der Waals surface area contributed by atoms with Gasteiger partial charge in [0.15, 0.2) is 22.5 Å². The lowest BCUT2D eigenvalue weighted by molar-refractivity contribution is 0.106. The van der Waals surface area contributed by atoms with Crippen LogP contribution in [0.1, 0.15) is 50.3 Å². The second kappa shape index (κ2) is 6.04. The molecule has 170 valence electrons. The van der Waals surface area contributed by atoms with E-state index < -0.39 is 11.2 Å². The first-order valence-electron chi connectivity index (χ1n) is 10.9. The third-order valence-corrected chi connectivity index (χ3v) is 6.93. The van der Waals surface area contributed by atoms with Crippen LogP contribution in [0.2, 0.25) is 0 Å². The zero-order chi connectivity index (χ0) is 23.4. The lowest BCUT2D eigenvalue weighted by atomic mass is 9.75. The summed E-state index contributed by atoms with van der Waals surface area (Å²) in [5.74, 6) is 1.25. The largest absolute Gasteiger partial charge is 0.507 e. The van der Waals surface area contributed by atoms with Crippen LogP contribution in [0.25, 0.3) is 28.4 Å². The van der Waals surface area contributed by atoms with Gasteiger partial charge in [-0.2, -0.15) is 0 Å². The van der Waals surface area contributed by atoms with Crippen molar-refractivity contribution in [2.45, 2.75) is 51.2 Å². The van der Waals surface area contributed by atoms with E-state index in [1.165, 1.54) is 19.2 Å². The molecule has 1 aromatic heterocycles. The SMILES string of the molecule is COc1cc(O)c2c3c1OC(C)(C)C3Cc1c-2oc2c3c(cc(O)c2c1=O)OC(C)(C)C=C3. The molecular weight excluding hydrogens is 424 g/mol. The second-order valence-electron chi connectivity index (χ2n) is 9.97. The van der Waals surface area contributed by atoms with Gasteiger partial charge in [-0.3, -0.25) is 4.79 Å². The van der Waals surface area contributed by atoms with E-state index in [9.17, 15) is 15.0 Å². The maximum atomic E-state index is 13.7. The molecule has 0 bridgehead atoms. The normalized spacial score (nSPS) is 20.5. The number of benzene rings is 2. The Morgan fingerprint density at radius 3 is 2.58 bits per heavy atom. The van der Waals surface area contributed by atoms with Crippen molar-refractivity contribution in [2.24, 2.45) is 0 Å². The average molecular weight is 448 g/mol. The molecular formula is C26H24O7. The molecule has 0 radical (unpaired) electrons. The number of fused-ring (bicyclic) bond motifs is 5. The lowest BCUT2D eigenvalue weighted by Gasteiger charge is -2.31. The molecule has 2 N–H and O–H groups in total. The van der Waals surface area contributed by atoms with Crippen molar-refractivity contribution in [3.05, 3.63) is 45.1 Å². The first-order chi connectivity index (χ1) is 15.5. The smallest absolute Gasteiger partial charge is 0.200 e. The maximum absolute atomic E-state index is 13.7. The predicted octanol–water partition coefficient (Wildman–Crippen LogP) is 4.87. The van der Waals surface area contributed by atoms with Gasteiger partial charge in [-0.05, 0) is 46.3 Å². The number of phenolic OH excluding ortho intramolecular Hbond substituents is 2. The minimum Gasteiger partial charge on any atom is -0.507 e. The van der Waals surface area contributed by atoms with Crippen LogP contribution in [0.15, 0.2) is 27.4 Å². The van der Waals surface area contributed by atoms with E-state index >= 15 is 0 Å². The van der Waals surface area contributed by atoms with Gasteiger partial charge in [0.2, 0.25) is 0 Å². The molecule has 1 unspecified atom stereocenters. The van der Waals surface area contributed by atoms with E-state index in [1.54, 1.807) is 0 Å². The van der Waals surface area contributed by atoms with Gasteiger partial charge in [-0.15, -0.1) is 0 Å². The van der Waals surface area contributed by atoms with Gasteiger partial charge < -0.3 is 28.8 Å². The Hall–Kier alpha value is -3.61. The highest BCUT2D eigenvalue weighted by Gasteiger charge is 2.49. The lowest BCUT2D eigenvalue weighted by Crippen LogP contribution is -2.34. The van der Waals surface area contributed by atoms with Crippen molar-refractivity contribution in [3.63, 3.8) is 0 Å². The van der Waals surface area contributed by atoms with Gasteiger partial charge in [0.05, 0.1) is 18.2 Å². The quantitative estimate of drug-likeness (QED) is 0.548. The number of phenols is 2. The summed E-state index contributed by atoms with van der Waals surface area (Å²) >= 11 is 0. The molecule has 0 fully saturated rings. The third-order valence-electron chi connectivity index (χ3n) is 6.93. The van der Waals surface area contributed by atoms with Gasteiger partial charge in [0, 0.05) is 29.2 Å². The zero-order valence-corrected chi connectivity index (χ0v) is 19.0. The molecule has 33 heavy (non-hydrogen) atoms. The maximum Gasteiger partial charge on any atom is 0.200 e. The zero-order valence-electron chi connectivity index (χ0n) is 19.0. The number of rotatable bonds is 1. The molecule has 7 heteroatoms. The van der Waals surface area contributed by atoms with Crippen LogP contribution < -0.4 is 19.6 Å². The molecule has 2 aliphatic heterocycles. The number of aromatic hydroxyl groups is 2. The van der Waals surface area contributed by atoms with Crippen molar-refractivity contribution < 1.29 is 28.8 Å².